The molecule has 0 unspecified atom stereocenters. The SMILES string of the molecule is O=C(O)COCCNC(=O)[C@H]1CCCNC1. The molecule has 6 heteroatoms. The van der Waals surface area contributed by atoms with Gasteiger partial charge in [0.15, 0.2) is 0 Å². The molecule has 1 aliphatic heterocycles. The summed E-state index contributed by atoms with van der Waals surface area (Å²) in [6.07, 6.45) is 1.93. The second kappa shape index (κ2) is 7.19. The van der Waals surface area contributed by atoms with Crippen LogP contribution in [-0.2, 0) is 14.3 Å². The highest BCUT2D eigenvalue weighted by Gasteiger charge is 2.19. The molecule has 0 radical (unpaired) electrons. The molecule has 1 fully saturated rings. The highest BCUT2D eigenvalue weighted by Crippen LogP contribution is 2.09. The first-order valence-corrected chi connectivity index (χ1v) is 5.48. The lowest BCUT2D eigenvalue weighted by Gasteiger charge is -2.21. The summed E-state index contributed by atoms with van der Waals surface area (Å²) in [6.45, 7) is 1.98. The van der Waals surface area contributed by atoms with Crippen LogP contribution >= 0.6 is 0 Å². The fourth-order valence-corrected chi connectivity index (χ4v) is 1.63. The largest absolute Gasteiger partial charge is 0.480 e. The molecule has 0 aromatic rings. The van der Waals surface area contributed by atoms with Crippen LogP contribution in [0.25, 0.3) is 0 Å². The van der Waals surface area contributed by atoms with E-state index in [1.165, 1.54) is 0 Å². The molecule has 1 amide bonds. The molecular weight excluding hydrogens is 212 g/mol. The molecule has 0 bridgehead atoms. The van der Waals surface area contributed by atoms with Crippen molar-refractivity contribution in [1.29, 1.82) is 0 Å². The number of carbonyl (C=O) groups is 2. The van der Waals surface area contributed by atoms with Crippen LogP contribution in [0.5, 0.6) is 0 Å². The molecule has 0 spiro atoms. The van der Waals surface area contributed by atoms with Crippen molar-refractivity contribution in [2.24, 2.45) is 5.92 Å². The maximum absolute atomic E-state index is 11.6. The van der Waals surface area contributed by atoms with Crippen molar-refractivity contribution < 1.29 is 19.4 Å². The van der Waals surface area contributed by atoms with Gasteiger partial charge >= 0.3 is 5.97 Å². The minimum atomic E-state index is -0.997. The van der Waals surface area contributed by atoms with Gasteiger partial charge in [-0.2, -0.15) is 0 Å². The van der Waals surface area contributed by atoms with Gasteiger partial charge in [0.05, 0.1) is 12.5 Å². The highest BCUT2D eigenvalue weighted by atomic mass is 16.5. The smallest absolute Gasteiger partial charge is 0.329 e. The zero-order valence-electron chi connectivity index (χ0n) is 9.20. The van der Waals surface area contributed by atoms with Gasteiger partial charge in [-0.05, 0) is 19.4 Å². The molecule has 1 aliphatic rings. The van der Waals surface area contributed by atoms with Gasteiger partial charge in [-0.3, -0.25) is 4.79 Å². The number of hydrogen-bond donors (Lipinski definition) is 3. The zero-order valence-corrected chi connectivity index (χ0v) is 9.20. The van der Waals surface area contributed by atoms with E-state index in [9.17, 15) is 9.59 Å². The number of piperidine rings is 1. The zero-order chi connectivity index (χ0) is 11.8. The number of carbonyl (C=O) groups excluding carboxylic acids is 1. The Bertz CT molecular complexity index is 239. The second-order valence-corrected chi connectivity index (χ2v) is 3.78. The molecule has 0 aromatic carbocycles. The lowest BCUT2D eigenvalue weighted by Crippen LogP contribution is -2.41. The Labute approximate surface area is 94.3 Å². The number of rotatable bonds is 6. The third-order valence-electron chi connectivity index (χ3n) is 2.44. The molecule has 0 aliphatic carbocycles. The van der Waals surface area contributed by atoms with Crippen molar-refractivity contribution in [3.63, 3.8) is 0 Å². The second-order valence-electron chi connectivity index (χ2n) is 3.78. The van der Waals surface area contributed by atoms with Crippen molar-refractivity contribution in [3.8, 4) is 0 Å². The lowest BCUT2D eigenvalue weighted by molar-refractivity contribution is -0.142. The van der Waals surface area contributed by atoms with E-state index in [4.69, 9.17) is 9.84 Å². The third-order valence-corrected chi connectivity index (χ3v) is 2.44. The van der Waals surface area contributed by atoms with Gasteiger partial charge in [0.1, 0.15) is 6.61 Å². The van der Waals surface area contributed by atoms with Crippen LogP contribution in [0, 0.1) is 5.92 Å². The van der Waals surface area contributed by atoms with E-state index in [0.717, 1.165) is 25.9 Å². The van der Waals surface area contributed by atoms with Crippen LogP contribution < -0.4 is 10.6 Å². The van der Waals surface area contributed by atoms with Gasteiger partial charge in [-0.15, -0.1) is 0 Å². The Morgan fingerprint density at radius 2 is 2.31 bits per heavy atom. The molecule has 92 valence electrons. The molecule has 1 rings (SSSR count). The molecule has 0 aromatic heterocycles. The summed E-state index contributed by atoms with van der Waals surface area (Å²) in [5, 5.41) is 14.2. The lowest BCUT2D eigenvalue weighted by atomic mass is 9.99. The summed E-state index contributed by atoms with van der Waals surface area (Å²) in [5.41, 5.74) is 0. The normalized spacial score (nSPS) is 20.4. The molecule has 16 heavy (non-hydrogen) atoms. The Balaban J connectivity index is 2.03. The van der Waals surface area contributed by atoms with E-state index in [1.807, 2.05) is 0 Å². The van der Waals surface area contributed by atoms with Crippen LogP contribution in [0.4, 0.5) is 0 Å². The van der Waals surface area contributed by atoms with E-state index in [1.54, 1.807) is 0 Å². The van der Waals surface area contributed by atoms with Gasteiger partial charge < -0.3 is 20.5 Å². The third kappa shape index (κ3) is 5.09. The maximum Gasteiger partial charge on any atom is 0.329 e. The number of carboxylic acids is 1. The molecule has 6 nitrogen and oxygen atoms in total. The average molecular weight is 230 g/mol. The summed E-state index contributed by atoms with van der Waals surface area (Å²) in [6, 6.07) is 0. The first kappa shape index (κ1) is 12.9. The number of aliphatic carboxylic acids is 1. The van der Waals surface area contributed by atoms with E-state index in [2.05, 4.69) is 10.6 Å². The highest BCUT2D eigenvalue weighted by molar-refractivity contribution is 5.78. The Morgan fingerprint density at radius 3 is 2.94 bits per heavy atom. The maximum atomic E-state index is 11.6. The molecule has 1 saturated heterocycles. The van der Waals surface area contributed by atoms with Gasteiger partial charge in [-0.25, -0.2) is 4.79 Å². The van der Waals surface area contributed by atoms with E-state index in [-0.39, 0.29) is 25.0 Å². The van der Waals surface area contributed by atoms with Gasteiger partial charge in [0.25, 0.3) is 0 Å². The van der Waals surface area contributed by atoms with Crippen LogP contribution in [0.2, 0.25) is 0 Å². The minimum Gasteiger partial charge on any atom is -0.480 e. The Morgan fingerprint density at radius 1 is 1.50 bits per heavy atom. The summed E-state index contributed by atoms with van der Waals surface area (Å²) >= 11 is 0. The first-order chi connectivity index (χ1) is 7.70. The number of carboxylic acid groups (broad SMARTS) is 1. The summed E-state index contributed by atoms with van der Waals surface area (Å²) in [5.74, 6) is -0.942. The number of amides is 1. The van der Waals surface area contributed by atoms with Crippen LogP contribution in [0.15, 0.2) is 0 Å². The van der Waals surface area contributed by atoms with Gasteiger partial charge in [0, 0.05) is 13.1 Å². The Hall–Kier alpha value is -1.14. The summed E-state index contributed by atoms with van der Waals surface area (Å²) < 4.78 is 4.80. The van der Waals surface area contributed by atoms with Crippen LogP contribution in [0.1, 0.15) is 12.8 Å². The van der Waals surface area contributed by atoms with Crippen LogP contribution in [-0.4, -0.2) is 49.8 Å². The standard InChI is InChI=1S/C10H18N2O4/c13-9(14)7-16-5-4-12-10(15)8-2-1-3-11-6-8/h8,11H,1-7H2,(H,12,15)(H,13,14)/t8-/m0/s1. The van der Waals surface area contributed by atoms with Crippen molar-refractivity contribution in [2.45, 2.75) is 12.8 Å². The first-order valence-electron chi connectivity index (χ1n) is 5.48. The Kier molecular flexibility index (Phi) is 5.81. The number of ether oxygens (including phenoxy) is 1. The number of nitrogens with one attached hydrogen (secondary N) is 2. The van der Waals surface area contributed by atoms with Gasteiger partial charge in [-0.1, -0.05) is 0 Å². The molecular formula is C10H18N2O4. The molecule has 0 saturated carbocycles. The van der Waals surface area contributed by atoms with E-state index >= 15 is 0 Å². The van der Waals surface area contributed by atoms with Gasteiger partial charge in [0.2, 0.25) is 5.91 Å². The minimum absolute atomic E-state index is 0.0196. The quantitative estimate of drug-likeness (QED) is 0.520. The van der Waals surface area contributed by atoms with Crippen molar-refractivity contribution >= 4 is 11.9 Å². The monoisotopic (exact) mass is 230 g/mol. The summed E-state index contributed by atoms with van der Waals surface area (Å²) in [4.78, 5) is 21.7. The predicted molar refractivity (Wildman–Crippen MR) is 57.1 cm³/mol. The van der Waals surface area contributed by atoms with Crippen LogP contribution in [0.3, 0.4) is 0 Å². The molecule has 1 heterocycles. The predicted octanol–water partition coefficient (Wildman–Crippen LogP) is -0.797. The van der Waals surface area contributed by atoms with E-state index < -0.39 is 5.97 Å². The molecule has 3 N–H and O–H groups in total. The molecule has 1 atom stereocenters. The average Bonchev–Trinajstić information content (AvgIpc) is 2.29. The van der Waals surface area contributed by atoms with Crippen molar-refractivity contribution in [2.75, 3.05) is 32.8 Å². The van der Waals surface area contributed by atoms with Crippen molar-refractivity contribution in [3.05, 3.63) is 0 Å². The topological polar surface area (TPSA) is 87.7 Å². The summed E-state index contributed by atoms with van der Waals surface area (Å²) in [7, 11) is 0. The fourth-order valence-electron chi connectivity index (χ4n) is 1.63. The fraction of sp³-hybridized carbons (Fsp3) is 0.800. The van der Waals surface area contributed by atoms with Crippen molar-refractivity contribution in [1.82, 2.24) is 10.6 Å². The van der Waals surface area contributed by atoms with E-state index in [0.29, 0.717) is 6.54 Å². The number of hydrogen-bond acceptors (Lipinski definition) is 4.